The van der Waals surface area contributed by atoms with E-state index in [4.69, 9.17) is 4.74 Å². The van der Waals surface area contributed by atoms with Crippen LogP contribution in [0.1, 0.15) is 20.7 Å². The SMILES string of the molecule is COC(=O)c1ccc(NC(=O)COC(=O)c2ccc(S(=O)(=O)N(C)c3ccccc3)cc2)cc1. The van der Waals surface area contributed by atoms with Gasteiger partial charge in [0.05, 0.1) is 28.8 Å². The predicted molar refractivity (Wildman–Crippen MR) is 125 cm³/mol. The monoisotopic (exact) mass is 482 g/mol. The minimum atomic E-state index is -3.82. The normalized spacial score (nSPS) is 10.8. The predicted octanol–water partition coefficient (Wildman–Crippen LogP) is 3.09. The Morgan fingerprint density at radius 1 is 0.824 bits per heavy atom. The second kappa shape index (κ2) is 10.6. The van der Waals surface area contributed by atoms with Crippen LogP contribution < -0.4 is 9.62 Å². The molecular formula is C24H22N2O7S. The lowest BCUT2D eigenvalue weighted by molar-refractivity contribution is -0.119. The number of ether oxygens (including phenoxy) is 2. The van der Waals surface area contributed by atoms with E-state index in [9.17, 15) is 22.8 Å². The number of sulfonamides is 1. The van der Waals surface area contributed by atoms with Crippen molar-refractivity contribution < 1.29 is 32.3 Å². The summed E-state index contributed by atoms with van der Waals surface area (Å²) < 4.78 is 36.4. The molecule has 10 heteroatoms. The Bertz CT molecular complexity index is 1270. The first-order chi connectivity index (χ1) is 16.2. The molecule has 0 bridgehead atoms. The van der Waals surface area contributed by atoms with Crippen molar-refractivity contribution in [3.63, 3.8) is 0 Å². The first-order valence-corrected chi connectivity index (χ1v) is 11.5. The van der Waals surface area contributed by atoms with E-state index < -0.39 is 34.5 Å². The smallest absolute Gasteiger partial charge is 0.338 e. The second-order valence-corrected chi connectivity index (χ2v) is 8.99. The Balaban J connectivity index is 1.57. The number of anilines is 2. The fourth-order valence-electron chi connectivity index (χ4n) is 2.92. The number of amides is 1. The fraction of sp³-hybridized carbons (Fsp3) is 0.125. The molecule has 0 heterocycles. The molecule has 0 saturated carbocycles. The highest BCUT2D eigenvalue weighted by atomic mass is 32.2. The largest absolute Gasteiger partial charge is 0.465 e. The maximum absolute atomic E-state index is 12.8. The van der Waals surface area contributed by atoms with Gasteiger partial charge in [-0.1, -0.05) is 18.2 Å². The highest BCUT2D eigenvalue weighted by molar-refractivity contribution is 7.92. The Morgan fingerprint density at radius 2 is 1.38 bits per heavy atom. The number of carbonyl (C=O) groups excluding carboxylic acids is 3. The van der Waals surface area contributed by atoms with Crippen LogP contribution in [0.15, 0.2) is 83.8 Å². The summed E-state index contributed by atoms with van der Waals surface area (Å²) in [7, 11) is -1.11. The standard InChI is InChI=1S/C24H22N2O7S/c1-26(20-6-4-3-5-7-20)34(30,31)21-14-10-18(11-15-21)24(29)33-16-22(27)25-19-12-8-17(9-13-19)23(28)32-2/h3-15H,16H2,1-2H3,(H,25,27). The van der Waals surface area contributed by atoms with Crippen LogP contribution in [0.5, 0.6) is 0 Å². The molecule has 3 rings (SSSR count). The van der Waals surface area contributed by atoms with E-state index in [0.717, 1.165) is 4.31 Å². The van der Waals surface area contributed by atoms with E-state index in [0.29, 0.717) is 16.9 Å². The molecule has 0 spiro atoms. The van der Waals surface area contributed by atoms with Gasteiger partial charge < -0.3 is 14.8 Å². The van der Waals surface area contributed by atoms with E-state index in [1.165, 1.54) is 62.7 Å². The summed E-state index contributed by atoms with van der Waals surface area (Å²) in [5.74, 6) is -1.86. The van der Waals surface area contributed by atoms with Gasteiger partial charge in [-0.3, -0.25) is 9.10 Å². The number of hydrogen-bond acceptors (Lipinski definition) is 7. The zero-order valence-corrected chi connectivity index (χ0v) is 19.2. The Kier molecular flexibility index (Phi) is 7.64. The van der Waals surface area contributed by atoms with Crippen molar-refractivity contribution in [2.45, 2.75) is 4.90 Å². The molecule has 34 heavy (non-hydrogen) atoms. The van der Waals surface area contributed by atoms with E-state index in [1.807, 2.05) is 0 Å². The lowest BCUT2D eigenvalue weighted by Gasteiger charge is -2.19. The molecule has 1 amide bonds. The van der Waals surface area contributed by atoms with Crippen molar-refractivity contribution >= 4 is 39.2 Å². The van der Waals surface area contributed by atoms with Gasteiger partial charge in [0, 0.05) is 12.7 Å². The Hall–Kier alpha value is -4.18. The van der Waals surface area contributed by atoms with Gasteiger partial charge in [-0.25, -0.2) is 18.0 Å². The molecule has 0 aliphatic rings. The van der Waals surface area contributed by atoms with Gasteiger partial charge in [0.25, 0.3) is 15.9 Å². The number of benzene rings is 3. The van der Waals surface area contributed by atoms with E-state index >= 15 is 0 Å². The van der Waals surface area contributed by atoms with Crippen molar-refractivity contribution in [1.29, 1.82) is 0 Å². The maximum Gasteiger partial charge on any atom is 0.338 e. The van der Waals surface area contributed by atoms with Crippen molar-refractivity contribution in [2.24, 2.45) is 0 Å². The van der Waals surface area contributed by atoms with Crippen molar-refractivity contribution in [3.8, 4) is 0 Å². The van der Waals surface area contributed by atoms with Gasteiger partial charge in [0.2, 0.25) is 0 Å². The summed E-state index contributed by atoms with van der Waals surface area (Å²) in [6, 6.07) is 19.8. The molecule has 176 valence electrons. The summed E-state index contributed by atoms with van der Waals surface area (Å²) in [4.78, 5) is 35.7. The van der Waals surface area contributed by atoms with Crippen molar-refractivity contribution in [1.82, 2.24) is 0 Å². The summed E-state index contributed by atoms with van der Waals surface area (Å²) >= 11 is 0. The second-order valence-electron chi connectivity index (χ2n) is 7.03. The summed E-state index contributed by atoms with van der Waals surface area (Å²) in [5.41, 5.74) is 1.33. The highest BCUT2D eigenvalue weighted by Gasteiger charge is 2.22. The molecule has 9 nitrogen and oxygen atoms in total. The van der Waals surface area contributed by atoms with Gasteiger partial charge >= 0.3 is 11.9 Å². The first kappa shape index (κ1) is 24.5. The average Bonchev–Trinajstić information content (AvgIpc) is 2.87. The number of esters is 2. The number of carbonyl (C=O) groups is 3. The molecule has 0 atom stereocenters. The molecule has 1 N–H and O–H groups in total. The molecular weight excluding hydrogens is 460 g/mol. The van der Waals surface area contributed by atoms with E-state index in [2.05, 4.69) is 10.1 Å². The van der Waals surface area contributed by atoms with Crippen LogP contribution in [0, 0.1) is 0 Å². The number of para-hydroxylation sites is 1. The summed E-state index contributed by atoms with van der Waals surface area (Å²) in [6.07, 6.45) is 0. The summed E-state index contributed by atoms with van der Waals surface area (Å²) in [6.45, 7) is -0.547. The van der Waals surface area contributed by atoms with Gasteiger partial charge in [-0.05, 0) is 60.7 Å². The van der Waals surface area contributed by atoms with Crippen LogP contribution in [0.3, 0.4) is 0 Å². The minimum absolute atomic E-state index is 0.00328. The van der Waals surface area contributed by atoms with Crippen LogP contribution in [-0.2, 0) is 24.3 Å². The molecule has 0 saturated heterocycles. The highest BCUT2D eigenvalue weighted by Crippen LogP contribution is 2.22. The average molecular weight is 483 g/mol. The molecule has 0 radical (unpaired) electrons. The number of methoxy groups -OCH3 is 1. The maximum atomic E-state index is 12.8. The Labute approximate surface area is 197 Å². The molecule has 0 fully saturated rings. The molecule has 0 aliphatic carbocycles. The first-order valence-electron chi connectivity index (χ1n) is 10.0. The molecule has 3 aromatic rings. The quantitative estimate of drug-likeness (QED) is 0.490. The van der Waals surface area contributed by atoms with Crippen LogP contribution >= 0.6 is 0 Å². The van der Waals surface area contributed by atoms with Gasteiger partial charge in [0.1, 0.15) is 0 Å². The molecule has 0 unspecified atom stereocenters. The zero-order valence-electron chi connectivity index (χ0n) is 18.4. The van der Waals surface area contributed by atoms with Gasteiger partial charge in [-0.2, -0.15) is 0 Å². The number of nitrogens with zero attached hydrogens (tertiary/aromatic N) is 1. The van der Waals surface area contributed by atoms with Crippen LogP contribution in [0.25, 0.3) is 0 Å². The van der Waals surface area contributed by atoms with E-state index in [-0.39, 0.29) is 10.5 Å². The summed E-state index contributed by atoms with van der Waals surface area (Å²) in [5, 5.41) is 2.54. The van der Waals surface area contributed by atoms with Crippen molar-refractivity contribution in [2.75, 3.05) is 30.4 Å². The van der Waals surface area contributed by atoms with Crippen LogP contribution in [-0.4, -0.2) is 47.0 Å². The number of hydrogen-bond donors (Lipinski definition) is 1. The fourth-order valence-corrected chi connectivity index (χ4v) is 4.11. The zero-order chi connectivity index (χ0) is 24.7. The lowest BCUT2D eigenvalue weighted by atomic mass is 10.2. The van der Waals surface area contributed by atoms with Gasteiger partial charge in [-0.15, -0.1) is 0 Å². The molecule has 0 aliphatic heterocycles. The third-order valence-corrected chi connectivity index (χ3v) is 6.59. The third-order valence-electron chi connectivity index (χ3n) is 4.79. The van der Waals surface area contributed by atoms with Gasteiger partial charge in [0.15, 0.2) is 6.61 Å². The molecule has 3 aromatic carbocycles. The molecule has 0 aromatic heterocycles. The van der Waals surface area contributed by atoms with E-state index in [1.54, 1.807) is 30.3 Å². The number of rotatable bonds is 8. The number of nitrogens with one attached hydrogen (secondary N) is 1. The van der Waals surface area contributed by atoms with Crippen molar-refractivity contribution in [3.05, 3.63) is 90.0 Å². The minimum Gasteiger partial charge on any atom is -0.465 e. The lowest BCUT2D eigenvalue weighted by Crippen LogP contribution is -2.26. The Morgan fingerprint density at radius 3 is 1.97 bits per heavy atom. The topological polar surface area (TPSA) is 119 Å². The van der Waals surface area contributed by atoms with Crippen LogP contribution in [0.2, 0.25) is 0 Å². The van der Waals surface area contributed by atoms with Crippen LogP contribution in [0.4, 0.5) is 11.4 Å². The third kappa shape index (κ3) is 5.78.